The predicted octanol–water partition coefficient (Wildman–Crippen LogP) is 3.00. The van der Waals surface area contributed by atoms with Gasteiger partial charge >= 0.3 is 0 Å². The van der Waals surface area contributed by atoms with Crippen LogP contribution in [0.2, 0.25) is 0 Å². The highest BCUT2D eigenvalue weighted by atomic mass is 79.9. The van der Waals surface area contributed by atoms with Gasteiger partial charge in [0.2, 0.25) is 6.79 Å². The standard InChI is InChI=1S/C16H23BrN2O2/c1-12(10-19-4-2-3-5-19)8-18-9-13-6-14(17)16-15(7-13)20-11-21-16/h6-7,12,18H,2-5,8-11H2,1H3. The molecule has 0 amide bonds. The first-order valence-corrected chi connectivity index (χ1v) is 8.53. The molecule has 1 unspecified atom stereocenters. The molecule has 0 aliphatic carbocycles. The molecule has 116 valence electrons. The zero-order valence-electron chi connectivity index (χ0n) is 12.5. The summed E-state index contributed by atoms with van der Waals surface area (Å²) in [6.07, 6.45) is 2.73. The quantitative estimate of drug-likeness (QED) is 0.851. The lowest BCUT2D eigenvalue weighted by Gasteiger charge is -2.20. The molecule has 1 saturated heterocycles. The van der Waals surface area contributed by atoms with Crippen molar-refractivity contribution >= 4 is 15.9 Å². The second kappa shape index (κ2) is 6.99. The lowest BCUT2D eigenvalue weighted by atomic mass is 10.1. The van der Waals surface area contributed by atoms with Crippen molar-refractivity contribution < 1.29 is 9.47 Å². The van der Waals surface area contributed by atoms with Crippen LogP contribution in [0.5, 0.6) is 11.5 Å². The zero-order valence-corrected chi connectivity index (χ0v) is 14.1. The Morgan fingerprint density at radius 2 is 2.10 bits per heavy atom. The van der Waals surface area contributed by atoms with Crippen molar-refractivity contribution in [1.82, 2.24) is 10.2 Å². The molecular weight excluding hydrogens is 332 g/mol. The molecule has 1 aromatic carbocycles. The number of likely N-dealkylation sites (tertiary alicyclic amines) is 1. The van der Waals surface area contributed by atoms with Gasteiger partial charge in [0.25, 0.3) is 0 Å². The smallest absolute Gasteiger partial charge is 0.231 e. The van der Waals surface area contributed by atoms with Crippen molar-refractivity contribution in [2.75, 3.05) is 33.0 Å². The number of hydrogen-bond acceptors (Lipinski definition) is 4. The summed E-state index contributed by atoms with van der Waals surface area (Å²) in [4.78, 5) is 2.57. The molecular formula is C16H23BrN2O2. The normalized spacial score (nSPS) is 19.1. The summed E-state index contributed by atoms with van der Waals surface area (Å²) in [6, 6.07) is 4.16. The fourth-order valence-electron chi connectivity index (χ4n) is 3.06. The topological polar surface area (TPSA) is 33.7 Å². The summed E-state index contributed by atoms with van der Waals surface area (Å²) in [7, 11) is 0. The van der Waals surface area contributed by atoms with Crippen LogP contribution in [0.3, 0.4) is 0 Å². The van der Waals surface area contributed by atoms with E-state index in [-0.39, 0.29) is 0 Å². The molecule has 1 aromatic rings. The first-order valence-electron chi connectivity index (χ1n) is 7.73. The van der Waals surface area contributed by atoms with Crippen molar-refractivity contribution in [2.45, 2.75) is 26.3 Å². The summed E-state index contributed by atoms with van der Waals surface area (Å²) in [6.45, 7) is 8.30. The summed E-state index contributed by atoms with van der Waals surface area (Å²) in [5, 5.41) is 3.55. The lowest BCUT2D eigenvalue weighted by Crippen LogP contribution is -2.31. The van der Waals surface area contributed by atoms with Gasteiger partial charge in [-0.3, -0.25) is 0 Å². The van der Waals surface area contributed by atoms with Crippen LogP contribution in [-0.4, -0.2) is 37.9 Å². The molecule has 0 spiro atoms. The maximum absolute atomic E-state index is 5.45. The Balaban J connectivity index is 1.45. The summed E-state index contributed by atoms with van der Waals surface area (Å²) < 4.78 is 11.8. The molecule has 0 radical (unpaired) electrons. The van der Waals surface area contributed by atoms with Crippen molar-refractivity contribution in [1.29, 1.82) is 0 Å². The van der Waals surface area contributed by atoms with E-state index >= 15 is 0 Å². The third-order valence-corrected chi connectivity index (χ3v) is 4.67. The Hall–Kier alpha value is -0.780. The Morgan fingerprint density at radius 1 is 1.29 bits per heavy atom. The largest absolute Gasteiger partial charge is 0.454 e. The Morgan fingerprint density at radius 3 is 2.90 bits per heavy atom. The molecule has 4 nitrogen and oxygen atoms in total. The molecule has 1 N–H and O–H groups in total. The molecule has 3 rings (SSSR count). The van der Waals surface area contributed by atoms with Crippen molar-refractivity contribution in [2.24, 2.45) is 5.92 Å². The van der Waals surface area contributed by atoms with Crippen LogP contribution >= 0.6 is 15.9 Å². The highest BCUT2D eigenvalue weighted by Gasteiger charge is 2.18. The fourth-order valence-corrected chi connectivity index (χ4v) is 3.66. The molecule has 2 aliphatic rings. The first kappa shape index (κ1) is 15.1. The number of ether oxygens (including phenoxy) is 2. The fraction of sp³-hybridized carbons (Fsp3) is 0.625. The number of nitrogens with one attached hydrogen (secondary N) is 1. The predicted molar refractivity (Wildman–Crippen MR) is 86.8 cm³/mol. The van der Waals surface area contributed by atoms with E-state index in [4.69, 9.17) is 9.47 Å². The van der Waals surface area contributed by atoms with E-state index in [1.165, 1.54) is 38.0 Å². The first-order chi connectivity index (χ1) is 10.2. The molecule has 2 aliphatic heterocycles. The van der Waals surface area contributed by atoms with Gasteiger partial charge in [0.15, 0.2) is 11.5 Å². The second-order valence-electron chi connectivity index (χ2n) is 6.06. The van der Waals surface area contributed by atoms with E-state index < -0.39 is 0 Å². The van der Waals surface area contributed by atoms with Gasteiger partial charge in [0, 0.05) is 13.1 Å². The number of fused-ring (bicyclic) bond motifs is 1. The third kappa shape index (κ3) is 3.90. The van der Waals surface area contributed by atoms with Gasteiger partial charge in [0.1, 0.15) is 0 Å². The van der Waals surface area contributed by atoms with Gasteiger partial charge in [-0.05, 0) is 72.0 Å². The average Bonchev–Trinajstić information content (AvgIpc) is 3.09. The van der Waals surface area contributed by atoms with E-state index in [1.54, 1.807) is 0 Å². The van der Waals surface area contributed by atoms with E-state index in [9.17, 15) is 0 Å². The molecule has 1 fully saturated rings. The van der Waals surface area contributed by atoms with Crippen LogP contribution in [0, 0.1) is 5.92 Å². The molecule has 0 aromatic heterocycles. The van der Waals surface area contributed by atoms with Crippen molar-refractivity contribution in [3.8, 4) is 11.5 Å². The van der Waals surface area contributed by atoms with Crippen molar-refractivity contribution in [3.05, 3.63) is 22.2 Å². The molecule has 0 saturated carbocycles. The molecule has 5 heteroatoms. The summed E-state index contributed by atoms with van der Waals surface area (Å²) in [5.74, 6) is 2.34. The molecule has 2 heterocycles. The van der Waals surface area contributed by atoms with Gasteiger partial charge in [-0.2, -0.15) is 0 Å². The third-order valence-electron chi connectivity index (χ3n) is 4.08. The van der Waals surface area contributed by atoms with Gasteiger partial charge in [-0.25, -0.2) is 0 Å². The van der Waals surface area contributed by atoms with Crippen molar-refractivity contribution in [3.63, 3.8) is 0 Å². The summed E-state index contributed by atoms with van der Waals surface area (Å²) in [5.41, 5.74) is 1.22. The minimum Gasteiger partial charge on any atom is -0.454 e. The van der Waals surface area contributed by atoms with Crippen LogP contribution in [0.1, 0.15) is 25.3 Å². The number of benzene rings is 1. The van der Waals surface area contributed by atoms with Gasteiger partial charge in [-0.1, -0.05) is 6.92 Å². The monoisotopic (exact) mass is 354 g/mol. The highest BCUT2D eigenvalue weighted by Crippen LogP contribution is 2.39. The van der Waals surface area contributed by atoms with E-state index in [0.717, 1.165) is 29.1 Å². The van der Waals surface area contributed by atoms with E-state index in [2.05, 4.69) is 45.2 Å². The highest BCUT2D eigenvalue weighted by molar-refractivity contribution is 9.10. The Bertz CT molecular complexity index is 489. The van der Waals surface area contributed by atoms with Crippen LogP contribution in [-0.2, 0) is 6.54 Å². The lowest BCUT2D eigenvalue weighted by molar-refractivity contribution is 0.173. The number of nitrogens with zero attached hydrogens (tertiary/aromatic N) is 1. The molecule has 0 bridgehead atoms. The van der Waals surface area contributed by atoms with E-state index in [1.807, 2.05) is 0 Å². The second-order valence-corrected chi connectivity index (χ2v) is 6.91. The average molecular weight is 355 g/mol. The Labute approximate surface area is 134 Å². The van der Waals surface area contributed by atoms with Crippen LogP contribution in [0.4, 0.5) is 0 Å². The van der Waals surface area contributed by atoms with Gasteiger partial charge < -0.3 is 19.7 Å². The minimum atomic E-state index is 0.317. The number of hydrogen-bond donors (Lipinski definition) is 1. The van der Waals surface area contributed by atoms with Crippen LogP contribution < -0.4 is 14.8 Å². The zero-order chi connectivity index (χ0) is 14.7. The maximum atomic E-state index is 5.45. The summed E-state index contributed by atoms with van der Waals surface area (Å²) >= 11 is 3.54. The number of rotatable bonds is 6. The number of halogens is 1. The Kier molecular flexibility index (Phi) is 5.03. The van der Waals surface area contributed by atoms with Gasteiger partial charge in [0.05, 0.1) is 4.47 Å². The van der Waals surface area contributed by atoms with Gasteiger partial charge in [-0.15, -0.1) is 0 Å². The van der Waals surface area contributed by atoms with Crippen LogP contribution in [0.15, 0.2) is 16.6 Å². The molecule has 21 heavy (non-hydrogen) atoms. The maximum Gasteiger partial charge on any atom is 0.231 e. The SMILES string of the molecule is CC(CNCc1cc(Br)c2c(c1)OCO2)CN1CCCC1. The minimum absolute atomic E-state index is 0.317. The van der Waals surface area contributed by atoms with Crippen LogP contribution in [0.25, 0.3) is 0 Å². The molecule has 1 atom stereocenters. The van der Waals surface area contributed by atoms with E-state index in [0.29, 0.717) is 12.7 Å².